The van der Waals surface area contributed by atoms with Gasteiger partial charge in [0.15, 0.2) is 5.65 Å². The van der Waals surface area contributed by atoms with Crippen LogP contribution in [0.4, 0.5) is 5.82 Å². The lowest BCUT2D eigenvalue weighted by molar-refractivity contribution is 0.0949. The molecule has 1 aliphatic rings. The lowest BCUT2D eigenvalue weighted by Crippen LogP contribution is -2.38. The van der Waals surface area contributed by atoms with E-state index in [1.807, 2.05) is 35.8 Å². The van der Waals surface area contributed by atoms with Crippen LogP contribution in [-0.4, -0.2) is 69.7 Å². The molecule has 34 heavy (non-hydrogen) atoms. The summed E-state index contributed by atoms with van der Waals surface area (Å²) < 4.78 is 1.76. The Hall–Kier alpha value is -3.30. The molecule has 8 nitrogen and oxygen atoms in total. The van der Waals surface area contributed by atoms with Crippen molar-refractivity contribution in [3.05, 3.63) is 53.7 Å². The van der Waals surface area contributed by atoms with Gasteiger partial charge in [-0.05, 0) is 49.2 Å². The highest BCUT2D eigenvalue weighted by Gasteiger charge is 2.21. The Morgan fingerprint density at radius 2 is 2.00 bits per heavy atom. The number of rotatable bonds is 9. The predicted molar refractivity (Wildman–Crippen MR) is 136 cm³/mol. The molecule has 5 rings (SSSR count). The zero-order valence-corrected chi connectivity index (χ0v) is 20.4. The number of carbonyl (C=O) groups excluding carboxylic acids is 1. The van der Waals surface area contributed by atoms with Crippen molar-refractivity contribution in [2.24, 2.45) is 0 Å². The molecular weight excluding hydrogens is 446 g/mol. The van der Waals surface area contributed by atoms with Gasteiger partial charge >= 0.3 is 0 Å². The van der Waals surface area contributed by atoms with Gasteiger partial charge in [0.25, 0.3) is 5.91 Å². The third-order valence-corrected chi connectivity index (χ3v) is 7.17. The molecule has 0 saturated carbocycles. The van der Waals surface area contributed by atoms with Gasteiger partial charge in [-0.1, -0.05) is 19.9 Å². The molecule has 0 atom stereocenters. The first-order valence-electron chi connectivity index (χ1n) is 11.8. The first-order valence-corrected chi connectivity index (χ1v) is 12.7. The molecule has 0 aliphatic carbocycles. The summed E-state index contributed by atoms with van der Waals surface area (Å²) in [6.07, 6.45) is 4.84. The van der Waals surface area contributed by atoms with Crippen LogP contribution in [0.2, 0.25) is 0 Å². The topological polar surface area (TPSA) is 78.7 Å². The maximum atomic E-state index is 13.1. The first kappa shape index (κ1) is 22.5. The van der Waals surface area contributed by atoms with Gasteiger partial charge in [0, 0.05) is 37.9 Å². The van der Waals surface area contributed by atoms with E-state index < -0.39 is 0 Å². The van der Waals surface area contributed by atoms with Crippen LogP contribution in [0.15, 0.2) is 48.1 Å². The van der Waals surface area contributed by atoms with E-state index in [1.54, 1.807) is 22.0 Å². The molecule has 0 radical (unpaired) electrons. The van der Waals surface area contributed by atoms with E-state index in [0.717, 1.165) is 66.7 Å². The van der Waals surface area contributed by atoms with Gasteiger partial charge in [-0.2, -0.15) is 5.10 Å². The average Bonchev–Trinajstić information content (AvgIpc) is 3.50. The van der Waals surface area contributed by atoms with E-state index >= 15 is 0 Å². The molecule has 1 N–H and O–H groups in total. The number of aromatic nitrogens is 4. The lowest BCUT2D eigenvalue weighted by atomic mass is 10.1. The van der Waals surface area contributed by atoms with E-state index in [9.17, 15) is 4.79 Å². The second kappa shape index (κ2) is 9.90. The highest BCUT2D eigenvalue weighted by molar-refractivity contribution is 7.13. The number of amides is 1. The minimum atomic E-state index is -0.0821. The summed E-state index contributed by atoms with van der Waals surface area (Å²) in [5, 5.41) is 9.61. The van der Waals surface area contributed by atoms with Crippen molar-refractivity contribution in [3.63, 3.8) is 0 Å². The summed E-state index contributed by atoms with van der Waals surface area (Å²) in [5.41, 5.74) is 3.77. The second-order valence-electron chi connectivity index (χ2n) is 8.34. The van der Waals surface area contributed by atoms with Gasteiger partial charge in [0.1, 0.15) is 5.82 Å². The van der Waals surface area contributed by atoms with E-state index in [1.165, 1.54) is 0 Å². The summed E-state index contributed by atoms with van der Waals surface area (Å²) in [6, 6.07) is 9.79. The molecular formula is C25H29N7OS. The van der Waals surface area contributed by atoms with E-state index in [4.69, 9.17) is 9.97 Å². The van der Waals surface area contributed by atoms with Gasteiger partial charge in [-0.25, -0.2) is 14.5 Å². The molecule has 176 valence electrons. The zero-order chi connectivity index (χ0) is 23.5. The SMILES string of the molecule is CCN(CC)CCNC(=O)c1cc(-c2cnn3ccc(-c4cccs4)nc23)nc(N2CCC2)c1. The third kappa shape index (κ3) is 4.53. The summed E-state index contributed by atoms with van der Waals surface area (Å²) in [4.78, 5) is 28.4. The maximum absolute atomic E-state index is 13.1. The lowest BCUT2D eigenvalue weighted by Gasteiger charge is -2.32. The summed E-state index contributed by atoms with van der Waals surface area (Å²) >= 11 is 1.65. The number of hydrogen-bond acceptors (Lipinski definition) is 7. The van der Waals surface area contributed by atoms with E-state index in [-0.39, 0.29) is 5.91 Å². The summed E-state index contributed by atoms with van der Waals surface area (Å²) in [6.45, 7) is 9.56. The third-order valence-electron chi connectivity index (χ3n) is 6.28. The van der Waals surface area contributed by atoms with Crippen LogP contribution in [0, 0.1) is 0 Å². The van der Waals surface area contributed by atoms with Crippen molar-refractivity contribution in [1.29, 1.82) is 0 Å². The van der Waals surface area contributed by atoms with Gasteiger partial charge in [-0.3, -0.25) is 4.79 Å². The number of nitrogens with zero attached hydrogens (tertiary/aromatic N) is 6. The predicted octanol–water partition coefficient (Wildman–Crippen LogP) is 3.80. The average molecular weight is 476 g/mol. The van der Waals surface area contributed by atoms with Crippen molar-refractivity contribution in [1.82, 2.24) is 29.8 Å². The number of carbonyl (C=O) groups is 1. The number of thiophene rings is 1. The van der Waals surface area contributed by atoms with Crippen molar-refractivity contribution in [2.45, 2.75) is 20.3 Å². The number of likely N-dealkylation sites (N-methyl/N-ethyl adjacent to an activating group) is 1. The molecule has 1 saturated heterocycles. The normalized spacial score (nSPS) is 13.4. The molecule has 0 aromatic carbocycles. The fourth-order valence-electron chi connectivity index (χ4n) is 4.07. The molecule has 4 aromatic heterocycles. The zero-order valence-electron chi connectivity index (χ0n) is 19.6. The van der Waals surface area contributed by atoms with Crippen molar-refractivity contribution in [2.75, 3.05) is 44.2 Å². The van der Waals surface area contributed by atoms with Crippen LogP contribution in [0.1, 0.15) is 30.6 Å². The molecule has 1 aliphatic heterocycles. The molecule has 1 fully saturated rings. The van der Waals surface area contributed by atoms with Crippen LogP contribution in [0.25, 0.3) is 27.5 Å². The number of anilines is 1. The fourth-order valence-corrected chi connectivity index (χ4v) is 4.77. The summed E-state index contributed by atoms with van der Waals surface area (Å²) in [5.74, 6) is 0.743. The molecule has 1 amide bonds. The Bertz CT molecular complexity index is 1280. The minimum Gasteiger partial charge on any atom is -0.356 e. The Labute approximate surface area is 203 Å². The van der Waals surface area contributed by atoms with Crippen molar-refractivity contribution >= 4 is 28.7 Å². The Balaban J connectivity index is 1.48. The highest BCUT2D eigenvalue weighted by atomic mass is 32.1. The molecule has 9 heteroatoms. The highest BCUT2D eigenvalue weighted by Crippen LogP contribution is 2.30. The molecule has 0 unspecified atom stereocenters. The summed E-state index contributed by atoms with van der Waals surface area (Å²) in [7, 11) is 0. The first-order chi connectivity index (χ1) is 16.7. The molecule has 0 spiro atoms. The van der Waals surface area contributed by atoms with Crippen LogP contribution < -0.4 is 10.2 Å². The smallest absolute Gasteiger partial charge is 0.251 e. The van der Waals surface area contributed by atoms with Gasteiger partial charge in [0.2, 0.25) is 0 Å². The Kier molecular flexibility index (Phi) is 6.55. The second-order valence-corrected chi connectivity index (χ2v) is 9.29. The van der Waals surface area contributed by atoms with E-state index in [2.05, 4.69) is 40.1 Å². The number of nitrogens with one attached hydrogen (secondary N) is 1. The number of fused-ring (bicyclic) bond motifs is 1. The largest absolute Gasteiger partial charge is 0.356 e. The standard InChI is InChI=1S/C25H29N7OS/c1-3-30(4-2)13-9-26-25(33)18-15-21(28-23(16-18)31-10-6-11-31)19-17-27-32-12-8-20(29-24(19)32)22-7-5-14-34-22/h5,7-8,12,14-17H,3-4,6,9-11,13H2,1-2H3,(H,26,33). The number of hydrogen-bond donors (Lipinski definition) is 1. The molecule has 0 bridgehead atoms. The van der Waals surface area contributed by atoms with Crippen LogP contribution >= 0.6 is 11.3 Å². The molecule has 4 aromatic rings. The monoisotopic (exact) mass is 475 g/mol. The van der Waals surface area contributed by atoms with Crippen molar-refractivity contribution < 1.29 is 4.79 Å². The minimum absolute atomic E-state index is 0.0821. The van der Waals surface area contributed by atoms with Crippen LogP contribution in [0.5, 0.6) is 0 Å². The fraction of sp³-hybridized carbons (Fsp3) is 0.360. The Morgan fingerprint density at radius 3 is 2.71 bits per heavy atom. The Morgan fingerprint density at radius 1 is 1.15 bits per heavy atom. The van der Waals surface area contributed by atoms with Crippen LogP contribution in [0.3, 0.4) is 0 Å². The maximum Gasteiger partial charge on any atom is 0.251 e. The van der Waals surface area contributed by atoms with Gasteiger partial charge in [0.05, 0.1) is 28.0 Å². The van der Waals surface area contributed by atoms with Gasteiger partial charge in [-0.15, -0.1) is 11.3 Å². The number of pyridine rings is 1. The molecule has 5 heterocycles. The quantitative estimate of drug-likeness (QED) is 0.397. The van der Waals surface area contributed by atoms with Gasteiger partial charge < -0.3 is 15.1 Å². The van der Waals surface area contributed by atoms with Crippen LogP contribution in [-0.2, 0) is 0 Å². The van der Waals surface area contributed by atoms with E-state index in [0.29, 0.717) is 17.8 Å². The van der Waals surface area contributed by atoms with Crippen molar-refractivity contribution in [3.8, 4) is 21.8 Å².